The number of benzene rings is 1. The number of halogens is 4. The molecule has 3 heterocycles. The molecule has 1 aromatic carbocycles. The molecule has 0 saturated heterocycles. The number of pyridine rings is 2. The normalized spacial score (nSPS) is 17.2. The quantitative estimate of drug-likeness (QED) is 0.232. The number of hydrogen-bond donors (Lipinski definition) is 3. The lowest BCUT2D eigenvalue weighted by atomic mass is 9.79. The topological polar surface area (TPSA) is 108 Å². The Kier molecular flexibility index (Phi) is 6.74. The molecule has 0 amide bonds. The van der Waals surface area contributed by atoms with E-state index in [1.165, 1.54) is 17.4 Å². The van der Waals surface area contributed by atoms with Crippen molar-refractivity contribution in [3.05, 3.63) is 86.1 Å². The van der Waals surface area contributed by atoms with Crippen molar-refractivity contribution >= 4 is 44.9 Å². The molecule has 38 heavy (non-hydrogen) atoms. The van der Waals surface area contributed by atoms with Crippen LogP contribution >= 0.6 is 27.3 Å². The molecule has 196 valence electrons. The third kappa shape index (κ3) is 4.91. The molecule has 3 N–H and O–H groups in total. The number of aromatic nitrogens is 3. The number of thiazole rings is 1. The number of carbonyl (C=O) groups is 1. The van der Waals surface area contributed by atoms with Crippen LogP contribution in [-0.4, -0.2) is 31.1 Å². The molecule has 0 bridgehead atoms. The van der Waals surface area contributed by atoms with Crippen LogP contribution in [0.1, 0.15) is 50.5 Å². The van der Waals surface area contributed by atoms with Crippen LogP contribution in [0.15, 0.2) is 53.3 Å². The van der Waals surface area contributed by atoms with Gasteiger partial charge in [-0.25, -0.2) is 19.7 Å². The lowest BCUT2D eigenvalue weighted by Crippen LogP contribution is -2.32. The van der Waals surface area contributed by atoms with E-state index in [1.54, 1.807) is 18.3 Å². The van der Waals surface area contributed by atoms with Gasteiger partial charge >= 0.3 is 12.1 Å². The van der Waals surface area contributed by atoms with Gasteiger partial charge in [-0.05, 0) is 89.1 Å². The number of carboxylic acids is 1. The highest BCUT2D eigenvalue weighted by molar-refractivity contribution is 9.10. The van der Waals surface area contributed by atoms with Gasteiger partial charge in [-0.15, -0.1) is 11.3 Å². The molecule has 0 aliphatic heterocycles. The van der Waals surface area contributed by atoms with Gasteiger partial charge in [0.15, 0.2) is 0 Å². The standard InChI is InChI=1S/C26H20BrF3N4O3S/c1-13-9-18(33-21(10-13)34-20-11-14(6-8-31-20)26(28,29)30)19-12-32-24(38-19)25(37)7-2-3-15-17(25)5-4-16(22(15)27)23(35)36/h4-6,8-12,37H,2-3,7H2,1H3,(H,35,36)(H,31,33,34)/t25-/m0/s1. The number of fused-ring (bicyclic) bond motifs is 1. The zero-order valence-electron chi connectivity index (χ0n) is 19.8. The van der Waals surface area contributed by atoms with E-state index in [0.717, 1.165) is 29.5 Å². The molecule has 0 saturated carbocycles. The molecule has 7 nitrogen and oxygen atoms in total. The smallest absolute Gasteiger partial charge is 0.416 e. The highest BCUT2D eigenvalue weighted by Crippen LogP contribution is 2.46. The number of alkyl halides is 3. The van der Waals surface area contributed by atoms with Gasteiger partial charge in [0.25, 0.3) is 0 Å². The van der Waals surface area contributed by atoms with E-state index in [1.807, 2.05) is 13.0 Å². The minimum Gasteiger partial charge on any atom is -0.478 e. The van der Waals surface area contributed by atoms with Crippen LogP contribution in [0, 0.1) is 6.92 Å². The summed E-state index contributed by atoms with van der Waals surface area (Å²) in [6, 6.07) is 8.43. The molecule has 0 unspecified atom stereocenters. The Morgan fingerprint density at radius 2 is 1.95 bits per heavy atom. The van der Waals surface area contributed by atoms with Gasteiger partial charge in [-0.2, -0.15) is 13.2 Å². The zero-order chi connectivity index (χ0) is 27.2. The number of anilines is 2. The lowest BCUT2D eigenvalue weighted by molar-refractivity contribution is -0.137. The van der Waals surface area contributed by atoms with Crippen LogP contribution in [0.5, 0.6) is 0 Å². The Hall–Kier alpha value is -3.35. The first-order valence-electron chi connectivity index (χ1n) is 11.5. The van der Waals surface area contributed by atoms with Gasteiger partial charge in [0.05, 0.1) is 21.7 Å². The third-order valence-corrected chi connectivity index (χ3v) is 8.39. The van der Waals surface area contributed by atoms with E-state index < -0.39 is 23.3 Å². The maximum absolute atomic E-state index is 13.1. The van der Waals surface area contributed by atoms with Crippen molar-refractivity contribution in [2.45, 2.75) is 38.0 Å². The Balaban J connectivity index is 1.48. The zero-order valence-corrected chi connectivity index (χ0v) is 22.2. The predicted molar refractivity (Wildman–Crippen MR) is 140 cm³/mol. The average molecular weight is 605 g/mol. The molecule has 0 spiro atoms. The predicted octanol–water partition coefficient (Wildman–Crippen LogP) is 6.70. The second-order valence-electron chi connectivity index (χ2n) is 8.97. The largest absolute Gasteiger partial charge is 0.478 e. The van der Waals surface area contributed by atoms with Crippen molar-refractivity contribution in [2.24, 2.45) is 0 Å². The number of nitrogens with one attached hydrogen (secondary N) is 1. The summed E-state index contributed by atoms with van der Waals surface area (Å²) in [6.07, 6.45) is -0.136. The van der Waals surface area contributed by atoms with E-state index >= 15 is 0 Å². The first-order valence-corrected chi connectivity index (χ1v) is 13.1. The average Bonchev–Trinajstić information content (AvgIpc) is 3.35. The maximum Gasteiger partial charge on any atom is 0.416 e. The first kappa shape index (κ1) is 26.3. The fourth-order valence-corrected chi connectivity index (χ4v) is 6.27. The van der Waals surface area contributed by atoms with Crippen molar-refractivity contribution in [2.75, 3.05) is 5.32 Å². The van der Waals surface area contributed by atoms with E-state index in [4.69, 9.17) is 0 Å². The van der Waals surface area contributed by atoms with E-state index in [2.05, 4.69) is 36.2 Å². The van der Waals surface area contributed by atoms with Gasteiger partial charge in [0.1, 0.15) is 22.2 Å². The van der Waals surface area contributed by atoms with Gasteiger partial charge in [0.2, 0.25) is 0 Å². The lowest BCUT2D eigenvalue weighted by Gasteiger charge is -2.33. The van der Waals surface area contributed by atoms with Crippen LogP contribution in [0.25, 0.3) is 10.6 Å². The van der Waals surface area contributed by atoms with Crippen molar-refractivity contribution < 1.29 is 28.2 Å². The summed E-state index contributed by atoms with van der Waals surface area (Å²) in [5.41, 5.74) is 0.602. The van der Waals surface area contributed by atoms with Crippen molar-refractivity contribution in [3.8, 4) is 10.6 Å². The second kappa shape index (κ2) is 9.75. The van der Waals surface area contributed by atoms with Crippen molar-refractivity contribution in [1.29, 1.82) is 0 Å². The Bertz CT molecular complexity index is 1560. The van der Waals surface area contributed by atoms with Gasteiger partial charge < -0.3 is 15.5 Å². The summed E-state index contributed by atoms with van der Waals surface area (Å²) in [7, 11) is 0. The fourth-order valence-electron chi connectivity index (χ4n) is 4.54. The molecule has 0 radical (unpaired) electrons. The highest BCUT2D eigenvalue weighted by Gasteiger charge is 2.40. The van der Waals surface area contributed by atoms with Gasteiger partial charge in [-0.1, -0.05) is 6.07 Å². The molecule has 1 atom stereocenters. The maximum atomic E-state index is 13.1. The summed E-state index contributed by atoms with van der Waals surface area (Å²) >= 11 is 4.65. The molecule has 1 aliphatic rings. The summed E-state index contributed by atoms with van der Waals surface area (Å²) in [5.74, 6) is -0.734. The minimum absolute atomic E-state index is 0.00768. The number of aromatic carboxylic acids is 1. The molecular formula is C26H20BrF3N4O3S. The number of nitrogens with zero attached hydrogens (tertiary/aromatic N) is 3. The van der Waals surface area contributed by atoms with Crippen LogP contribution < -0.4 is 5.32 Å². The molecule has 4 aromatic rings. The van der Waals surface area contributed by atoms with Gasteiger partial charge in [-0.3, -0.25) is 0 Å². The Morgan fingerprint density at radius 1 is 1.16 bits per heavy atom. The van der Waals surface area contributed by atoms with Crippen LogP contribution in [0.3, 0.4) is 0 Å². The number of carboxylic acid groups (broad SMARTS) is 1. The second-order valence-corrected chi connectivity index (χ2v) is 10.8. The monoisotopic (exact) mass is 604 g/mol. The number of rotatable bonds is 5. The van der Waals surface area contributed by atoms with Gasteiger partial charge in [0, 0.05) is 16.9 Å². The minimum atomic E-state index is -4.49. The number of aryl methyl sites for hydroxylation is 1. The summed E-state index contributed by atoms with van der Waals surface area (Å²) in [6.45, 7) is 1.83. The summed E-state index contributed by atoms with van der Waals surface area (Å²) in [5, 5.41) is 24.5. The SMILES string of the molecule is Cc1cc(Nc2cc(C(F)(F)F)ccn2)nc(-c2cnc([C@]3(O)CCCc4c3ccc(C(=O)O)c4Br)s2)c1. The number of hydrogen-bond acceptors (Lipinski definition) is 7. The van der Waals surface area contributed by atoms with Crippen molar-refractivity contribution in [3.63, 3.8) is 0 Å². The van der Waals surface area contributed by atoms with E-state index in [-0.39, 0.29) is 11.4 Å². The molecule has 0 fully saturated rings. The molecule has 3 aromatic heterocycles. The fraction of sp³-hybridized carbons (Fsp3) is 0.231. The van der Waals surface area contributed by atoms with Crippen molar-refractivity contribution in [1.82, 2.24) is 15.0 Å². The molecule has 1 aliphatic carbocycles. The first-order chi connectivity index (χ1) is 18.0. The van der Waals surface area contributed by atoms with Crippen LogP contribution in [0.4, 0.5) is 24.8 Å². The van der Waals surface area contributed by atoms with Crippen LogP contribution in [-0.2, 0) is 18.2 Å². The molecule has 12 heteroatoms. The third-order valence-electron chi connectivity index (χ3n) is 6.31. The number of aliphatic hydroxyl groups is 1. The molecular weight excluding hydrogens is 585 g/mol. The van der Waals surface area contributed by atoms with Crippen LogP contribution in [0.2, 0.25) is 0 Å². The van der Waals surface area contributed by atoms with E-state index in [9.17, 15) is 28.2 Å². The van der Waals surface area contributed by atoms with E-state index in [0.29, 0.717) is 50.7 Å². The Labute approximate surface area is 227 Å². The summed E-state index contributed by atoms with van der Waals surface area (Å²) in [4.78, 5) is 25.2. The molecule has 5 rings (SSSR count). The summed E-state index contributed by atoms with van der Waals surface area (Å²) < 4.78 is 39.7. The highest BCUT2D eigenvalue weighted by atomic mass is 79.9. The Morgan fingerprint density at radius 3 is 2.68 bits per heavy atom.